The van der Waals surface area contributed by atoms with Gasteiger partial charge in [-0.3, -0.25) is 0 Å². The molecule has 0 saturated heterocycles. The number of methoxy groups -OCH3 is 2. The Morgan fingerprint density at radius 1 is 1.04 bits per heavy atom. The lowest BCUT2D eigenvalue weighted by atomic mass is 9.99. The molecular weight excluding hydrogens is 362 g/mol. The minimum absolute atomic E-state index is 0.0843. The van der Waals surface area contributed by atoms with Gasteiger partial charge in [-0.15, -0.1) is 0 Å². The van der Waals surface area contributed by atoms with Gasteiger partial charge in [0.15, 0.2) is 6.04 Å². The summed E-state index contributed by atoms with van der Waals surface area (Å²) >= 11 is 0. The van der Waals surface area contributed by atoms with Gasteiger partial charge in [0.05, 0.1) is 20.8 Å². The fourth-order valence-corrected chi connectivity index (χ4v) is 2.75. The van der Waals surface area contributed by atoms with Gasteiger partial charge in [-0.1, -0.05) is 30.3 Å². The van der Waals surface area contributed by atoms with Crippen LogP contribution in [0.2, 0.25) is 0 Å². The lowest BCUT2D eigenvalue weighted by molar-refractivity contribution is -0.145. The lowest BCUT2D eigenvalue weighted by Gasteiger charge is -2.22. The summed E-state index contributed by atoms with van der Waals surface area (Å²) in [5, 5.41) is 2.58. The van der Waals surface area contributed by atoms with E-state index in [4.69, 9.17) is 18.9 Å². The molecule has 0 aliphatic heterocycles. The quantitative estimate of drug-likeness (QED) is 0.698. The van der Waals surface area contributed by atoms with Crippen LogP contribution >= 0.6 is 0 Å². The number of hydrogen-bond donors (Lipinski definition) is 1. The Morgan fingerprint density at radius 2 is 1.75 bits per heavy atom. The van der Waals surface area contributed by atoms with Crippen LogP contribution in [0.15, 0.2) is 42.5 Å². The first-order valence-corrected chi connectivity index (χ1v) is 8.86. The van der Waals surface area contributed by atoms with Crippen LogP contribution in [0.5, 0.6) is 11.5 Å². The molecule has 1 amide bonds. The van der Waals surface area contributed by atoms with Crippen molar-refractivity contribution in [2.75, 3.05) is 20.8 Å². The highest BCUT2D eigenvalue weighted by molar-refractivity contribution is 5.84. The zero-order valence-corrected chi connectivity index (χ0v) is 16.5. The molecule has 2 aromatic carbocycles. The maximum atomic E-state index is 12.5. The van der Waals surface area contributed by atoms with Crippen molar-refractivity contribution >= 4 is 12.1 Å². The van der Waals surface area contributed by atoms with Crippen LogP contribution in [-0.2, 0) is 20.9 Å². The summed E-state index contributed by atoms with van der Waals surface area (Å²) < 4.78 is 21.0. The number of rotatable bonds is 8. The van der Waals surface area contributed by atoms with Crippen LogP contribution in [0.3, 0.4) is 0 Å². The summed E-state index contributed by atoms with van der Waals surface area (Å²) in [6.07, 6.45) is -0.737. The molecule has 1 N–H and O–H groups in total. The average Bonchev–Trinajstić information content (AvgIpc) is 2.71. The molecule has 0 spiro atoms. The molecule has 150 valence electrons. The van der Waals surface area contributed by atoms with Crippen molar-refractivity contribution in [3.05, 3.63) is 59.2 Å². The van der Waals surface area contributed by atoms with Crippen molar-refractivity contribution in [2.45, 2.75) is 26.5 Å². The van der Waals surface area contributed by atoms with Gasteiger partial charge in [-0.25, -0.2) is 9.59 Å². The van der Waals surface area contributed by atoms with Crippen LogP contribution in [0.1, 0.15) is 29.7 Å². The largest absolute Gasteiger partial charge is 0.497 e. The van der Waals surface area contributed by atoms with Gasteiger partial charge < -0.3 is 24.3 Å². The van der Waals surface area contributed by atoms with E-state index >= 15 is 0 Å². The van der Waals surface area contributed by atoms with Gasteiger partial charge in [0.2, 0.25) is 0 Å². The van der Waals surface area contributed by atoms with Crippen molar-refractivity contribution in [3.63, 3.8) is 0 Å². The summed E-state index contributed by atoms with van der Waals surface area (Å²) in [6, 6.07) is 11.6. The maximum absolute atomic E-state index is 12.5. The van der Waals surface area contributed by atoms with Crippen molar-refractivity contribution in [3.8, 4) is 11.5 Å². The molecule has 2 aromatic rings. The number of ether oxygens (including phenoxy) is 4. The monoisotopic (exact) mass is 387 g/mol. The predicted molar refractivity (Wildman–Crippen MR) is 103 cm³/mol. The zero-order valence-electron chi connectivity index (χ0n) is 16.5. The molecule has 0 saturated carbocycles. The minimum Gasteiger partial charge on any atom is -0.497 e. The van der Waals surface area contributed by atoms with Gasteiger partial charge in [0.25, 0.3) is 0 Å². The molecule has 1 atom stereocenters. The highest BCUT2D eigenvalue weighted by atomic mass is 16.6. The van der Waals surface area contributed by atoms with Crippen LogP contribution < -0.4 is 14.8 Å². The van der Waals surface area contributed by atoms with Crippen LogP contribution in [0.25, 0.3) is 0 Å². The smallest absolute Gasteiger partial charge is 0.408 e. The normalized spacial score (nSPS) is 11.3. The summed E-state index contributed by atoms with van der Waals surface area (Å²) in [4.78, 5) is 24.9. The first-order valence-electron chi connectivity index (χ1n) is 8.86. The van der Waals surface area contributed by atoms with Crippen LogP contribution in [0.4, 0.5) is 4.79 Å². The van der Waals surface area contributed by atoms with Crippen molar-refractivity contribution in [2.24, 2.45) is 0 Å². The number of esters is 1. The standard InChI is InChI=1S/C21H25NO6/c1-5-27-20(23)19(18-14(2)11-16(25-3)12-17(18)26-4)22-21(24)28-13-15-9-7-6-8-10-15/h6-12,19H,5,13H2,1-4H3,(H,22,24)/t19-/m0/s1. The van der Waals surface area contributed by atoms with E-state index in [0.717, 1.165) is 5.56 Å². The van der Waals surface area contributed by atoms with E-state index < -0.39 is 18.1 Å². The van der Waals surface area contributed by atoms with E-state index in [1.165, 1.54) is 14.2 Å². The Labute approximate surface area is 164 Å². The summed E-state index contributed by atoms with van der Waals surface area (Å²) in [6.45, 7) is 3.75. The molecule has 7 nitrogen and oxygen atoms in total. The third kappa shape index (κ3) is 5.39. The summed E-state index contributed by atoms with van der Waals surface area (Å²) in [5.74, 6) is 0.372. The number of nitrogens with one attached hydrogen (secondary N) is 1. The number of amides is 1. The first kappa shape index (κ1) is 21.1. The molecule has 0 aliphatic carbocycles. The Kier molecular flexibility index (Phi) is 7.68. The van der Waals surface area contributed by atoms with Crippen LogP contribution in [0, 0.1) is 6.92 Å². The van der Waals surface area contributed by atoms with E-state index in [-0.39, 0.29) is 13.2 Å². The molecule has 7 heteroatoms. The highest BCUT2D eigenvalue weighted by Crippen LogP contribution is 2.33. The molecule has 0 unspecified atom stereocenters. The summed E-state index contributed by atoms with van der Waals surface area (Å²) in [7, 11) is 3.02. The third-order valence-electron chi connectivity index (χ3n) is 4.06. The fourth-order valence-electron chi connectivity index (χ4n) is 2.75. The highest BCUT2D eigenvalue weighted by Gasteiger charge is 2.30. The molecular formula is C21H25NO6. The second-order valence-electron chi connectivity index (χ2n) is 5.95. The Bertz CT molecular complexity index is 806. The van der Waals surface area contributed by atoms with Gasteiger partial charge in [-0.05, 0) is 31.0 Å². The van der Waals surface area contributed by atoms with E-state index in [2.05, 4.69) is 5.32 Å². The van der Waals surface area contributed by atoms with Gasteiger partial charge in [-0.2, -0.15) is 0 Å². The second kappa shape index (κ2) is 10.2. The third-order valence-corrected chi connectivity index (χ3v) is 4.06. The van der Waals surface area contributed by atoms with E-state index in [9.17, 15) is 9.59 Å². The molecule has 0 bridgehead atoms. The van der Waals surface area contributed by atoms with Crippen LogP contribution in [-0.4, -0.2) is 32.9 Å². The van der Waals surface area contributed by atoms with Gasteiger partial charge in [0, 0.05) is 11.6 Å². The molecule has 0 radical (unpaired) electrons. The molecule has 2 rings (SSSR count). The lowest BCUT2D eigenvalue weighted by Crippen LogP contribution is -2.36. The number of carbonyl (C=O) groups is 2. The Hall–Kier alpha value is -3.22. The van der Waals surface area contributed by atoms with Gasteiger partial charge >= 0.3 is 12.1 Å². The zero-order chi connectivity index (χ0) is 20.5. The van der Waals surface area contributed by atoms with E-state index in [1.807, 2.05) is 30.3 Å². The van der Waals surface area contributed by atoms with Crippen molar-refractivity contribution in [1.29, 1.82) is 0 Å². The van der Waals surface area contributed by atoms with Gasteiger partial charge in [0.1, 0.15) is 18.1 Å². The molecule has 0 fully saturated rings. The van der Waals surface area contributed by atoms with Crippen molar-refractivity contribution in [1.82, 2.24) is 5.32 Å². The number of hydrogen-bond acceptors (Lipinski definition) is 6. The maximum Gasteiger partial charge on any atom is 0.408 e. The van der Waals surface area contributed by atoms with E-state index in [1.54, 1.807) is 26.0 Å². The van der Waals surface area contributed by atoms with E-state index in [0.29, 0.717) is 22.6 Å². The number of alkyl carbamates (subject to hydrolysis) is 1. The SMILES string of the molecule is CCOC(=O)[C@@H](NC(=O)OCc1ccccc1)c1c(C)cc(OC)cc1OC. The molecule has 0 heterocycles. The molecule has 28 heavy (non-hydrogen) atoms. The Balaban J connectivity index is 2.25. The average molecular weight is 387 g/mol. The van der Waals surface area contributed by atoms with Crippen molar-refractivity contribution < 1.29 is 28.5 Å². The predicted octanol–water partition coefficient (Wildman–Crippen LogP) is 3.54. The Morgan fingerprint density at radius 3 is 2.36 bits per heavy atom. The minimum atomic E-state index is -1.08. The number of carbonyl (C=O) groups excluding carboxylic acids is 2. The molecule has 0 aromatic heterocycles. The topological polar surface area (TPSA) is 83.1 Å². The fraction of sp³-hybridized carbons (Fsp3) is 0.333. The second-order valence-corrected chi connectivity index (χ2v) is 5.95. The number of aryl methyl sites for hydroxylation is 1. The summed E-state index contributed by atoms with van der Waals surface area (Å²) in [5.41, 5.74) is 2.03. The molecule has 0 aliphatic rings. The number of benzene rings is 2. The first-order chi connectivity index (χ1) is 13.5.